The van der Waals surface area contributed by atoms with E-state index in [4.69, 9.17) is 17.3 Å². The van der Waals surface area contributed by atoms with Crippen LogP contribution < -0.4 is 11.1 Å². The summed E-state index contributed by atoms with van der Waals surface area (Å²) >= 11 is 7.40. The van der Waals surface area contributed by atoms with Crippen LogP contribution in [0.1, 0.15) is 37.0 Å². The van der Waals surface area contributed by atoms with Gasteiger partial charge in [-0.3, -0.25) is 4.79 Å². The van der Waals surface area contributed by atoms with Crippen molar-refractivity contribution in [3.63, 3.8) is 0 Å². The molecule has 0 aliphatic heterocycles. The maximum atomic E-state index is 11.9. The Bertz CT molecular complexity index is 417. The van der Waals surface area contributed by atoms with E-state index in [1.807, 2.05) is 12.1 Å². The lowest BCUT2D eigenvalue weighted by Gasteiger charge is -2.28. The molecule has 1 aliphatic carbocycles. The highest BCUT2D eigenvalue weighted by atomic mass is 35.5. The van der Waals surface area contributed by atoms with Crippen molar-refractivity contribution >= 4 is 41.3 Å². The van der Waals surface area contributed by atoms with E-state index in [9.17, 15) is 4.79 Å². The highest BCUT2D eigenvalue weighted by Crippen LogP contribution is 2.29. The van der Waals surface area contributed by atoms with Crippen molar-refractivity contribution in [1.29, 1.82) is 0 Å². The predicted octanol–water partition coefficient (Wildman–Crippen LogP) is 3.14. The highest BCUT2D eigenvalue weighted by Gasteiger charge is 2.33. The van der Waals surface area contributed by atoms with Crippen molar-refractivity contribution in [2.75, 3.05) is 6.54 Å². The molecule has 1 fully saturated rings. The first-order chi connectivity index (χ1) is 8.63. The predicted molar refractivity (Wildman–Crippen MR) is 83.3 cm³/mol. The molecule has 2 rings (SSSR count). The molecule has 19 heavy (non-hydrogen) atoms. The molecule has 0 atom stereocenters. The molecule has 0 aromatic carbocycles. The molecular weight excluding hydrogens is 303 g/mol. The van der Waals surface area contributed by atoms with E-state index in [-0.39, 0.29) is 23.9 Å². The quantitative estimate of drug-likeness (QED) is 0.874. The topological polar surface area (TPSA) is 55.1 Å². The third-order valence-corrected chi connectivity index (χ3v) is 4.87. The first-order valence-electron chi connectivity index (χ1n) is 6.39. The van der Waals surface area contributed by atoms with Gasteiger partial charge < -0.3 is 11.1 Å². The molecule has 0 unspecified atom stereocenters. The second-order valence-electron chi connectivity index (χ2n) is 4.95. The molecule has 1 aliphatic rings. The third-order valence-electron chi connectivity index (χ3n) is 3.58. The van der Waals surface area contributed by atoms with E-state index in [1.54, 1.807) is 0 Å². The monoisotopic (exact) mass is 322 g/mol. The normalized spacial score (nSPS) is 16.9. The molecule has 6 heteroatoms. The molecule has 1 aromatic rings. The number of amides is 1. The second-order valence-corrected chi connectivity index (χ2v) is 6.75. The highest BCUT2D eigenvalue weighted by molar-refractivity contribution is 7.16. The van der Waals surface area contributed by atoms with Gasteiger partial charge >= 0.3 is 0 Å². The summed E-state index contributed by atoms with van der Waals surface area (Å²) in [6.45, 7) is 0.545. The maximum absolute atomic E-state index is 11.9. The summed E-state index contributed by atoms with van der Waals surface area (Å²) in [5, 5.41) is 3.13. The fraction of sp³-hybridized carbons (Fsp3) is 0.615. The standard InChI is InChI=1S/C13H19ClN2OS.ClH/c14-11-5-3-10(18-11)4-6-12(17)16-13(9-15)7-1-2-8-13;/h3,5H,1-2,4,6-9,15H2,(H,16,17);1H. The van der Waals surface area contributed by atoms with Gasteiger partial charge in [-0.25, -0.2) is 0 Å². The zero-order valence-corrected chi connectivity index (χ0v) is 13.2. The fourth-order valence-electron chi connectivity index (χ4n) is 2.51. The number of nitrogens with two attached hydrogens (primary N) is 1. The summed E-state index contributed by atoms with van der Waals surface area (Å²) < 4.78 is 0.777. The summed E-state index contributed by atoms with van der Waals surface area (Å²) in [4.78, 5) is 13.1. The summed E-state index contributed by atoms with van der Waals surface area (Å²) in [6, 6.07) is 3.85. The number of halogens is 2. The van der Waals surface area contributed by atoms with Crippen LogP contribution in [0, 0.1) is 0 Å². The number of carbonyl (C=O) groups is 1. The zero-order valence-electron chi connectivity index (χ0n) is 10.8. The lowest BCUT2D eigenvalue weighted by molar-refractivity contribution is -0.122. The van der Waals surface area contributed by atoms with Crippen LogP contribution in [0.3, 0.4) is 0 Å². The van der Waals surface area contributed by atoms with Gasteiger partial charge in [0.15, 0.2) is 0 Å². The van der Waals surface area contributed by atoms with Crippen molar-refractivity contribution in [2.45, 2.75) is 44.1 Å². The van der Waals surface area contributed by atoms with Crippen molar-refractivity contribution in [3.8, 4) is 0 Å². The SMILES string of the molecule is Cl.NCC1(NC(=O)CCc2ccc(Cl)s2)CCCC1. The van der Waals surface area contributed by atoms with E-state index in [0.717, 1.165) is 41.3 Å². The van der Waals surface area contributed by atoms with Crippen LogP contribution in [-0.2, 0) is 11.2 Å². The lowest BCUT2D eigenvalue weighted by atomic mass is 9.97. The van der Waals surface area contributed by atoms with Gasteiger partial charge in [0, 0.05) is 17.8 Å². The van der Waals surface area contributed by atoms with Crippen LogP contribution in [0.5, 0.6) is 0 Å². The van der Waals surface area contributed by atoms with Crippen LogP contribution in [0.2, 0.25) is 4.34 Å². The molecule has 3 N–H and O–H groups in total. The van der Waals surface area contributed by atoms with Crippen molar-refractivity contribution in [3.05, 3.63) is 21.3 Å². The molecular formula is C13H20Cl2N2OS. The van der Waals surface area contributed by atoms with E-state index < -0.39 is 0 Å². The van der Waals surface area contributed by atoms with E-state index in [0.29, 0.717) is 13.0 Å². The first-order valence-corrected chi connectivity index (χ1v) is 7.58. The van der Waals surface area contributed by atoms with Crippen molar-refractivity contribution in [1.82, 2.24) is 5.32 Å². The summed E-state index contributed by atoms with van der Waals surface area (Å²) in [6.07, 6.45) is 5.62. The average Bonchev–Trinajstić information content (AvgIpc) is 2.97. The van der Waals surface area contributed by atoms with E-state index >= 15 is 0 Å². The van der Waals surface area contributed by atoms with Gasteiger partial charge in [-0.05, 0) is 31.4 Å². The Morgan fingerprint density at radius 1 is 1.42 bits per heavy atom. The number of nitrogens with one attached hydrogen (secondary N) is 1. The zero-order chi connectivity index (χ0) is 13.0. The third kappa shape index (κ3) is 4.63. The number of thiophene rings is 1. The van der Waals surface area contributed by atoms with Gasteiger partial charge in [-0.1, -0.05) is 24.4 Å². The molecule has 1 heterocycles. The Hall–Kier alpha value is -0.290. The van der Waals surface area contributed by atoms with Gasteiger partial charge in [-0.2, -0.15) is 0 Å². The minimum Gasteiger partial charge on any atom is -0.349 e. The minimum atomic E-state index is -0.135. The molecule has 0 saturated heterocycles. The first kappa shape index (κ1) is 16.8. The summed E-state index contributed by atoms with van der Waals surface area (Å²) in [5.74, 6) is 0.104. The molecule has 3 nitrogen and oxygen atoms in total. The Labute approximate surface area is 129 Å². The van der Waals surface area contributed by atoms with E-state index in [2.05, 4.69) is 5.32 Å². The molecule has 108 valence electrons. The molecule has 0 spiro atoms. The van der Waals surface area contributed by atoms with Gasteiger partial charge in [-0.15, -0.1) is 23.7 Å². The lowest BCUT2D eigenvalue weighted by Crippen LogP contribution is -2.51. The van der Waals surface area contributed by atoms with Gasteiger partial charge in [0.25, 0.3) is 0 Å². The second kappa shape index (κ2) is 7.48. The molecule has 1 saturated carbocycles. The summed E-state index contributed by atoms with van der Waals surface area (Å²) in [5.41, 5.74) is 5.66. The number of rotatable bonds is 5. The minimum absolute atomic E-state index is 0. The summed E-state index contributed by atoms with van der Waals surface area (Å²) in [7, 11) is 0. The smallest absolute Gasteiger partial charge is 0.220 e. The number of aryl methyl sites for hydroxylation is 1. The largest absolute Gasteiger partial charge is 0.349 e. The number of hydrogen-bond acceptors (Lipinski definition) is 3. The van der Waals surface area contributed by atoms with Crippen LogP contribution >= 0.6 is 35.3 Å². The van der Waals surface area contributed by atoms with Crippen LogP contribution in [-0.4, -0.2) is 18.0 Å². The maximum Gasteiger partial charge on any atom is 0.220 e. The van der Waals surface area contributed by atoms with Crippen LogP contribution in [0.15, 0.2) is 12.1 Å². The van der Waals surface area contributed by atoms with E-state index in [1.165, 1.54) is 11.3 Å². The van der Waals surface area contributed by atoms with Crippen LogP contribution in [0.25, 0.3) is 0 Å². The Kier molecular flexibility index (Phi) is 6.60. The Morgan fingerprint density at radius 2 is 2.11 bits per heavy atom. The number of carbonyl (C=O) groups excluding carboxylic acids is 1. The van der Waals surface area contributed by atoms with Gasteiger partial charge in [0.1, 0.15) is 0 Å². The average molecular weight is 323 g/mol. The van der Waals surface area contributed by atoms with Crippen molar-refractivity contribution < 1.29 is 4.79 Å². The Morgan fingerprint density at radius 3 is 2.63 bits per heavy atom. The number of hydrogen-bond donors (Lipinski definition) is 2. The molecule has 1 aromatic heterocycles. The molecule has 0 radical (unpaired) electrons. The fourth-order valence-corrected chi connectivity index (χ4v) is 3.60. The van der Waals surface area contributed by atoms with Gasteiger partial charge in [0.2, 0.25) is 5.91 Å². The van der Waals surface area contributed by atoms with Crippen molar-refractivity contribution in [2.24, 2.45) is 5.73 Å². The Balaban J connectivity index is 0.00000180. The van der Waals surface area contributed by atoms with Gasteiger partial charge in [0.05, 0.1) is 9.88 Å². The van der Waals surface area contributed by atoms with Crippen LogP contribution in [0.4, 0.5) is 0 Å². The molecule has 0 bridgehead atoms. The molecule has 1 amide bonds.